The molecule has 7 heteroatoms. The van der Waals surface area contributed by atoms with Gasteiger partial charge in [-0.1, -0.05) is 71.6 Å². The molecule has 0 spiro atoms. The molecule has 0 radical (unpaired) electrons. The van der Waals surface area contributed by atoms with Gasteiger partial charge < -0.3 is 17.7 Å². The summed E-state index contributed by atoms with van der Waals surface area (Å²) in [5.41, 5.74) is 1.29. The molecule has 0 aromatic carbocycles. The predicted molar refractivity (Wildman–Crippen MR) is 144 cm³/mol. The maximum Gasteiger partial charge on any atom is 0.501 e. The number of hydrogen-bond donors (Lipinski definition) is 0. The van der Waals surface area contributed by atoms with E-state index in [1.54, 1.807) is 0 Å². The van der Waals surface area contributed by atoms with Crippen molar-refractivity contribution in [1.82, 2.24) is 0 Å². The van der Waals surface area contributed by atoms with Crippen LogP contribution in [-0.4, -0.2) is 42.9 Å². The smallest absolute Gasteiger partial charge is 0.501 e. The second-order valence-electron chi connectivity index (χ2n) is 10.6. The van der Waals surface area contributed by atoms with Crippen LogP contribution in [0.5, 0.6) is 0 Å². The third-order valence-corrected chi connectivity index (χ3v) is 17.0. The van der Waals surface area contributed by atoms with Crippen LogP contribution >= 0.6 is 0 Å². The molecule has 0 aliphatic heterocycles. The Morgan fingerprint density at radius 3 is 1.65 bits per heavy atom. The number of hydrogen-bond acceptors (Lipinski definition) is 5. The minimum Gasteiger partial charge on any atom is -0.518 e. The molecule has 0 heterocycles. The average molecular weight is 515 g/mol. The molecule has 1 unspecified atom stereocenters. The summed E-state index contributed by atoms with van der Waals surface area (Å²) in [7, 11) is -5.14. The molecule has 0 aromatic heterocycles. The van der Waals surface area contributed by atoms with Crippen molar-refractivity contribution >= 4 is 23.1 Å². The zero-order chi connectivity index (χ0) is 24.9. The van der Waals surface area contributed by atoms with Crippen LogP contribution in [0, 0.1) is 5.92 Å². The summed E-state index contributed by atoms with van der Waals surface area (Å²) >= 11 is 0. The summed E-state index contributed by atoms with van der Waals surface area (Å²) < 4.78 is 25.2. The summed E-state index contributed by atoms with van der Waals surface area (Å²) in [5, 5.41) is 0. The van der Waals surface area contributed by atoms with E-state index < -0.39 is 17.1 Å². The Kier molecular flexibility index (Phi) is 13.9. The Hall–Kier alpha value is -0.216. The summed E-state index contributed by atoms with van der Waals surface area (Å²) in [5.74, 6) is -0.267. The van der Waals surface area contributed by atoms with Crippen LogP contribution in [0.4, 0.5) is 0 Å². The SMILES string of the molecule is CCCCC[Si](OC(=O)C(C)C[Si](OCC)(OCC)OCC)(C1CCCCC1)C1CCCCC1. The number of unbranched alkanes of at least 4 members (excludes halogenated alkanes) is 2. The quantitative estimate of drug-likeness (QED) is 0.154. The van der Waals surface area contributed by atoms with E-state index in [0.29, 0.717) is 36.9 Å². The highest BCUT2D eigenvalue weighted by Crippen LogP contribution is 2.51. The van der Waals surface area contributed by atoms with Gasteiger partial charge in [-0.2, -0.15) is 0 Å². The second-order valence-corrected chi connectivity index (χ2v) is 17.5. The third-order valence-electron chi connectivity index (χ3n) is 8.11. The van der Waals surface area contributed by atoms with E-state index in [1.165, 1.54) is 89.5 Å². The van der Waals surface area contributed by atoms with Crippen molar-refractivity contribution in [2.45, 2.75) is 141 Å². The first-order valence-corrected chi connectivity index (χ1v) is 18.8. The molecule has 2 saturated carbocycles. The third kappa shape index (κ3) is 8.43. The normalized spacial score (nSPS) is 19.8. The van der Waals surface area contributed by atoms with Crippen LogP contribution in [0.25, 0.3) is 0 Å². The summed E-state index contributed by atoms with van der Waals surface area (Å²) in [6.07, 6.45) is 16.7. The minimum atomic E-state index is -2.89. The lowest BCUT2D eigenvalue weighted by Crippen LogP contribution is -2.53. The lowest BCUT2D eigenvalue weighted by Gasteiger charge is -2.47. The average Bonchev–Trinajstić information content (AvgIpc) is 2.85. The maximum absolute atomic E-state index is 13.8. The molecular formula is C27H54O5Si2. The highest BCUT2D eigenvalue weighted by molar-refractivity contribution is 6.78. The minimum absolute atomic E-state index is 0.00436. The topological polar surface area (TPSA) is 54.0 Å². The predicted octanol–water partition coefficient (Wildman–Crippen LogP) is 8.02. The van der Waals surface area contributed by atoms with Crippen LogP contribution < -0.4 is 0 Å². The van der Waals surface area contributed by atoms with Gasteiger partial charge in [0.05, 0.1) is 5.92 Å². The van der Waals surface area contributed by atoms with Crippen molar-refractivity contribution in [3.63, 3.8) is 0 Å². The molecule has 0 N–H and O–H groups in total. The van der Waals surface area contributed by atoms with Gasteiger partial charge in [0, 0.05) is 25.9 Å². The zero-order valence-electron chi connectivity index (χ0n) is 23.0. The Morgan fingerprint density at radius 2 is 1.24 bits per heavy atom. The second kappa shape index (κ2) is 15.8. The highest BCUT2D eigenvalue weighted by Gasteiger charge is 2.53. The molecule has 2 aliphatic rings. The van der Waals surface area contributed by atoms with Gasteiger partial charge in [-0.25, -0.2) is 0 Å². The fourth-order valence-electron chi connectivity index (χ4n) is 6.50. The van der Waals surface area contributed by atoms with Gasteiger partial charge in [-0.3, -0.25) is 4.79 Å². The molecule has 1 atom stereocenters. The van der Waals surface area contributed by atoms with E-state index in [2.05, 4.69) is 6.92 Å². The van der Waals surface area contributed by atoms with Gasteiger partial charge in [-0.15, -0.1) is 0 Å². The molecule has 0 aromatic rings. The van der Waals surface area contributed by atoms with E-state index in [4.69, 9.17) is 17.7 Å². The van der Waals surface area contributed by atoms with Crippen molar-refractivity contribution < 1.29 is 22.5 Å². The van der Waals surface area contributed by atoms with Crippen molar-refractivity contribution in [3.8, 4) is 0 Å². The molecule has 0 bridgehead atoms. The first-order chi connectivity index (χ1) is 16.5. The Bertz CT molecular complexity index is 526. The number of rotatable bonds is 16. The molecule has 0 saturated heterocycles. The molecule has 0 amide bonds. The van der Waals surface area contributed by atoms with Crippen LogP contribution in [0.15, 0.2) is 0 Å². The Morgan fingerprint density at radius 1 is 0.765 bits per heavy atom. The number of carbonyl (C=O) groups is 1. The number of carbonyl (C=O) groups excluding carboxylic acids is 1. The van der Waals surface area contributed by atoms with E-state index in [0.717, 1.165) is 0 Å². The lowest BCUT2D eigenvalue weighted by molar-refractivity contribution is -0.139. The first kappa shape index (κ1) is 30.0. The van der Waals surface area contributed by atoms with Crippen LogP contribution in [0.2, 0.25) is 23.2 Å². The van der Waals surface area contributed by atoms with Crippen molar-refractivity contribution in [3.05, 3.63) is 0 Å². The Balaban J connectivity index is 2.28. The molecule has 2 rings (SSSR count). The van der Waals surface area contributed by atoms with E-state index in [1.807, 2.05) is 27.7 Å². The van der Waals surface area contributed by atoms with E-state index in [9.17, 15) is 4.79 Å². The van der Waals surface area contributed by atoms with E-state index in [-0.39, 0.29) is 11.9 Å². The summed E-state index contributed by atoms with van der Waals surface area (Å²) in [6, 6.07) is 1.68. The van der Waals surface area contributed by atoms with Crippen LogP contribution in [0.1, 0.15) is 118 Å². The van der Waals surface area contributed by atoms with Crippen molar-refractivity contribution in [1.29, 1.82) is 0 Å². The van der Waals surface area contributed by atoms with Gasteiger partial charge >= 0.3 is 8.80 Å². The molecule has 5 nitrogen and oxygen atoms in total. The Labute approximate surface area is 212 Å². The summed E-state index contributed by atoms with van der Waals surface area (Å²) in [6.45, 7) is 11.8. The molecule has 200 valence electrons. The van der Waals surface area contributed by atoms with Gasteiger partial charge in [-0.05, 0) is 63.6 Å². The molecular weight excluding hydrogens is 460 g/mol. The van der Waals surface area contributed by atoms with Crippen LogP contribution in [-0.2, 0) is 22.5 Å². The highest BCUT2D eigenvalue weighted by atomic mass is 28.4. The van der Waals surface area contributed by atoms with Crippen LogP contribution in [0.3, 0.4) is 0 Å². The first-order valence-electron chi connectivity index (χ1n) is 14.6. The zero-order valence-corrected chi connectivity index (χ0v) is 25.0. The maximum atomic E-state index is 13.8. The monoisotopic (exact) mass is 514 g/mol. The fraction of sp³-hybridized carbons (Fsp3) is 0.963. The van der Waals surface area contributed by atoms with Gasteiger partial charge in [0.15, 0.2) is 0 Å². The van der Waals surface area contributed by atoms with Gasteiger partial charge in [0.25, 0.3) is 14.3 Å². The lowest BCUT2D eigenvalue weighted by atomic mass is 9.99. The molecule has 34 heavy (non-hydrogen) atoms. The largest absolute Gasteiger partial charge is 0.518 e. The van der Waals surface area contributed by atoms with Gasteiger partial charge in [0.1, 0.15) is 0 Å². The molecule has 2 fully saturated rings. The molecule has 2 aliphatic carbocycles. The summed E-state index contributed by atoms with van der Waals surface area (Å²) in [4.78, 5) is 13.8. The van der Waals surface area contributed by atoms with E-state index >= 15 is 0 Å². The van der Waals surface area contributed by atoms with Crippen molar-refractivity contribution in [2.75, 3.05) is 19.8 Å². The fourth-order valence-corrected chi connectivity index (χ4v) is 15.4. The standard InChI is InChI=1S/C27H54O5Si2/c1-6-10-17-22-33(25-18-13-11-14-19-25,26-20-15-12-16-21-26)32-27(28)24(5)23-34(29-7-2,30-8-3)31-9-4/h24-26H,6-23H2,1-5H3. The van der Waals surface area contributed by atoms with Crippen molar-refractivity contribution in [2.24, 2.45) is 5.92 Å². The van der Waals surface area contributed by atoms with Gasteiger partial charge in [0.2, 0.25) is 0 Å².